The maximum absolute atomic E-state index is 11.9. The molecule has 1 aliphatic rings. The van der Waals surface area contributed by atoms with Gasteiger partial charge in [-0.1, -0.05) is 13.8 Å². The molecule has 2 N–H and O–H groups in total. The summed E-state index contributed by atoms with van der Waals surface area (Å²) in [5.74, 6) is 1.08. The largest absolute Gasteiger partial charge is 0.490 e. The molecule has 2 atom stereocenters. The monoisotopic (exact) mass is 315 g/mol. The van der Waals surface area contributed by atoms with Crippen LogP contribution in [-0.2, 0) is 4.79 Å². The fraction of sp³-hybridized carbons (Fsp3) is 0.556. The molecule has 1 heterocycles. The molecule has 0 unspecified atom stereocenters. The first-order valence-corrected chi connectivity index (χ1v) is 8.44. The molecule has 5 heteroatoms. The average Bonchev–Trinajstić information content (AvgIpc) is 3.00. The van der Waals surface area contributed by atoms with Crippen LogP contribution in [0.2, 0.25) is 0 Å². The van der Waals surface area contributed by atoms with Gasteiger partial charge in [0, 0.05) is 29.3 Å². The molecule has 1 amide bonds. The number of fused-ring (bicyclic) bond motifs is 1. The third-order valence-electron chi connectivity index (χ3n) is 4.63. The van der Waals surface area contributed by atoms with E-state index < -0.39 is 0 Å². The van der Waals surface area contributed by atoms with Crippen molar-refractivity contribution in [2.45, 2.75) is 58.6 Å². The maximum Gasteiger partial charge on any atom is 0.222 e. The van der Waals surface area contributed by atoms with Gasteiger partial charge < -0.3 is 10.1 Å². The topological polar surface area (TPSA) is 67.0 Å². The van der Waals surface area contributed by atoms with E-state index in [2.05, 4.69) is 22.4 Å². The van der Waals surface area contributed by atoms with Crippen molar-refractivity contribution in [2.24, 2.45) is 5.92 Å². The Hall–Kier alpha value is -2.04. The predicted molar refractivity (Wildman–Crippen MR) is 90.5 cm³/mol. The summed E-state index contributed by atoms with van der Waals surface area (Å²) in [4.78, 5) is 11.9. The van der Waals surface area contributed by atoms with Gasteiger partial charge in [-0.25, -0.2) is 0 Å². The second kappa shape index (κ2) is 6.60. The Labute approximate surface area is 136 Å². The number of nitrogens with one attached hydrogen (secondary N) is 2. The molecule has 3 rings (SSSR count). The Morgan fingerprint density at radius 1 is 1.39 bits per heavy atom. The van der Waals surface area contributed by atoms with Crippen LogP contribution in [-0.4, -0.2) is 28.3 Å². The number of amides is 1. The normalized spacial score (nSPS) is 21.6. The number of nitrogens with zero attached hydrogens (tertiary/aromatic N) is 1. The summed E-state index contributed by atoms with van der Waals surface area (Å²) in [6, 6.07) is 4.24. The first-order valence-electron chi connectivity index (χ1n) is 8.44. The van der Waals surface area contributed by atoms with Crippen molar-refractivity contribution in [1.82, 2.24) is 15.5 Å². The van der Waals surface area contributed by atoms with Crippen molar-refractivity contribution >= 4 is 16.8 Å². The van der Waals surface area contributed by atoms with Gasteiger partial charge in [-0.15, -0.1) is 0 Å². The number of aryl methyl sites for hydroxylation is 1. The molecule has 0 radical (unpaired) electrons. The SMILES string of the molecule is Cc1c(O[C@@H]2CCC[C@H](NC(=O)C(C)C)C2)ccc2[nH]ncc12. The molecular formula is C18H25N3O2. The summed E-state index contributed by atoms with van der Waals surface area (Å²) in [6.45, 7) is 5.92. The zero-order valence-electron chi connectivity index (χ0n) is 14.1. The zero-order valence-corrected chi connectivity index (χ0v) is 14.1. The van der Waals surface area contributed by atoms with Gasteiger partial charge in [0.25, 0.3) is 0 Å². The average molecular weight is 315 g/mol. The molecule has 23 heavy (non-hydrogen) atoms. The molecule has 0 spiro atoms. The number of ether oxygens (including phenoxy) is 1. The highest BCUT2D eigenvalue weighted by Crippen LogP contribution is 2.30. The van der Waals surface area contributed by atoms with Crippen LogP contribution in [0.4, 0.5) is 0 Å². The Balaban J connectivity index is 1.67. The molecule has 124 valence electrons. The highest BCUT2D eigenvalue weighted by Gasteiger charge is 2.25. The van der Waals surface area contributed by atoms with E-state index in [4.69, 9.17) is 4.74 Å². The number of carbonyl (C=O) groups is 1. The summed E-state index contributed by atoms with van der Waals surface area (Å²) >= 11 is 0. The van der Waals surface area contributed by atoms with Gasteiger partial charge in [0.2, 0.25) is 5.91 Å². The fourth-order valence-corrected chi connectivity index (χ4v) is 3.20. The third-order valence-corrected chi connectivity index (χ3v) is 4.63. The number of hydrogen-bond donors (Lipinski definition) is 2. The van der Waals surface area contributed by atoms with E-state index >= 15 is 0 Å². The van der Waals surface area contributed by atoms with E-state index in [1.54, 1.807) is 0 Å². The molecule has 0 aliphatic heterocycles. The molecule has 0 saturated heterocycles. The van der Waals surface area contributed by atoms with Crippen molar-refractivity contribution in [3.8, 4) is 5.75 Å². The highest BCUT2D eigenvalue weighted by molar-refractivity contribution is 5.83. The van der Waals surface area contributed by atoms with Crippen LogP contribution in [0.25, 0.3) is 10.9 Å². The van der Waals surface area contributed by atoms with Crippen molar-refractivity contribution in [3.63, 3.8) is 0 Å². The van der Waals surface area contributed by atoms with Gasteiger partial charge in [0.15, 0.2) is 0 Å². The number of benzene rings is 1. The van der Waals surface area contributed by atoms with Crippen LogP contribution >= 0.6 is 0 Å². The fourth-order valence-electron chi connectivity index (χ4n) is 3.20. The van der Waals surface area contributed by atoms with Crippen molar-refractivity contribution in [3.05, 3.63) is 23.9 Å². The first kappa shape index (κ1) is 15.8. The number of H-pyrrole nitrogens is 1. The third kappa shape index (κ3) is 3.49. The molecular weight excluding hydrogens is 290 g/mol. The maximum atomic E-state index is 11.9. The molecule has 1 aliphatic carbocycles. The standard InChI is InChI=1S/C18H25N3O2/c1-11(2)18(22)20-13-5-4-6-14(9-13)23-17-8-7-16-15(12(17)3)10-19-21-16/h7-8,10-11,13-14H,4-6,9H2,1-3H3,(H,19,21)(H,20,22)/t13-,14+/m0/s1. The van der Waals surface area contributed by atoms with Gasteiger partial charge >= 0.3 is 0 Å². The Bertz CT molecular complexity index is 693. The van der Waals surface area contributed by atoms with E-state index in [-0.39, 0.29) is 24.0 Å². The molecule has 2 aromatic rings. The Kier molecular flexibility index (Phi) is 4.55. The van der Waals surface area contributed by atoms with Crippen molar-refractivity contribution in [1.29, 1.82) is 0 Å². The molecule has 0 bridgehead atoms. The summed E-state index contributed by atoms with van der Waals surface area (Å²) in [6.07, 6.45) is 6.03. The lowest BCUT2D eigenvalue weighted by Gasteiger charge is -2.31. The van der Waals surface area contributed by atoms with Gasteiger partial charge in [-0.3, -0.25) is 9.89 Å². The van der Waals surface area contributed by atoms with Crippen LogP contribution in [0.3, 0.4) is 0 Å². The lowest BCUT2D eigenvalue weighted by atomic mass is 9.92. The number of carbonyl (C=O) groups excluding carboxylic acids is 1. The highest BCUT2D eigenvalue weighted by atomic mass is 16.5. The summed E-state index contributed by atoms with van der Waals surface area (Å²) in [7, 11) is 0. The summed E-state index contributed by atoms with van der Waals surface area (Å²) in [5, 5.41) is 11.3. The van der Waals surface area contributed by atoms with Crippen LogP contribution < -0.4 is 10.1 Å². The minimum Gasteiger partial charge on any atom is -0.490 e. The lowest BCUT2D eigenvalue weighted by molar-refractivity contribution is -0.125. The van der Waals surface area contributed by atoms with Crippen molar-refractivity contribution < 1.29 is 9.53 Å². The zero-order chi connectivity index (χ0) is 16.4. The smallest absolute Gasteiger partial charge is 0.222 e. The van der Waals surface area contributed by atoms with E-state index in [1.807, 2.05) is 32.2 Å². The van der Waals surface area contributed by atoms with Crippen LogP contribution in [0, 0.1) is 12.8 Å². The second-order valence-corrected chi connectivity index (χ2v) is 6.79. The minimum absolute atomic E-state index is 0.0297. The number of hydrogen-bond acceptors (Lipinski definition) is 3. The van der Waals surface area contributed by atoms with Crippen LogP contribution in [0.1, 0.15) is 45.1 Å². The van der Waals surface area contributed by atoms with Gasteiger partial charge in [0.1, 0.15) is 11.9 Å². The summed E-state index contributed by atoms with van der Waals surface area (Å²) < 4.78 is 6.24. The number of rotatable bonds is 4. The number of aromatic amines is 1. The quantitative estimate of drug-likeness (QED) is 0.909. The van der Waals surface area contributed by atoms with Crippen molar-refractivity contribution in [2.75, 3.05) is 0 Å². The second-order valence-electron chi connectivity index (χ2n) is 6.79. The Morgan fingerprint density at radius 2 is 2.22 bits per heavy atom. The summed E-state index contributed by atoms with van der Waals surface area (Å²) in [5.41, 5.74) is 2.14. The lowest BCUT2D eigenvalue weighted by Crippen LogP contribution is -2.42. The van der Waals surface area contributed by atoms with Crippen LogP contribution in [0.15, 0.2) is 18.3 Å². The Morgan fingerprint density at radius 3 is 3.00 bits per heavy atom. The molecule has 5 nitrogen and oxygen atoms in total. The molecule has 1 saturated carbocycles. The van der Waals surface area contributed by atoms with Gasteiger partial charge in [0.05, 0.1) is 11.7 Å². The molecule has 1 aromatic heterocycles. The van der Waals surface area contributed by atoms with E-state index in [0.29, 0.717) is 0 Å². The van der Waals surface area contributed by atoms with Gasteiger partial charge in [-0.05, 0) is 38.3 Å². The predicted octanol–water partition coefficient (Wildman–Crippen LogP) is 3.33. The first-order chi connectivity index (χ1) is 11.0. The van der Waals surface area contributed by atoms with Gasteiger partial charge in [-0.2, -0.15) is 5.10 Å². The van der Waals surface area contributed by atoms with Crippen LogP contribution in [0.5, 0.6) is 5.75 Å². The van der Waals surface area contributed by atoms with E-state index in [1.165, 1.54) is 0 Å². The minimum atomic E-state index is 0.0297. The molecule has 1 aromatic carbocycles. The number of aromatic nitrogens is 2. The molecule has 1 fully saturated rings. The van der Waals surface area contributed by atoms with E-state index in [9.17, 15) is 4.79 Å². The van der Waals surface area contributed by atoms with E-state index in [0.717, 1.165) is 47.9 Å².